The minimum absolute atomic E-state index is 0.0286. The molecular weight excluding hydrogens is 372 g/mol. The lowest BCUT2D eigenvalue weighted by Crippen LogP contribution is -2.46. The van der Waals surface area contributed by atoms with Crippen LogP contribution in [0.4, 0.5) is 0 Å². The van der Waals surface area contributed by atoms with E-state index in [0.717, 1.165) is 18.4 Å². The third kappa shape index (κ3) is 4.26. The van der Waals surface area contributed by atoms with Gasteiger partial charge in [-0.05, 0) is 46.5 Å². The van der Waals surface area contributed by atoms with Crippen LogP contribution in [0, 0.1) is 0 Å². The number of piperidine rings is 1. The molecule has 5 nitrogen and oxygen atoms in total. The maximum absolute atomic E-state index is 12.3. The van der Waals surface area contributed by atoms with Crippen LogP contribution in [0.3, 0.4) is 0 Å². The molecule has 1 fully saturated rings. The molecule has 2 amide bonds. The maximum atomic E-state index is 12.3. The van der Waals surface area contributed by atoms with Gasteiger partial charge in [0.05, 0.1) is 6.42 Å². The van der Waals surface area contributed by atoms with Crippen molar-refractivity contribution < 1.29 is 14.0 Å². The van der Waals surface area contributed by atoms with Gasteiger partial charge in [-0.3, -0.25) is 9.59 Å². The van der Waals surface area contributed by atoms with E-state index in [-0.39, 0.29) is 17.9 Å². The molecule has 1 saturated heterocycles. The Morgan fingerprint density at radius 1 is 1.12 bits per heavy atom. The minimum Gasteiger partial charge on any atom is -0.444 e. The van der Waals surface area contributed by atoms with Crippen LogP contribution in [-0.4, -0.2) is 35.8 Å². The monoisotopic (exact) mass is 390 g/mol. The third-order valence-electron chi connectivity index (χ3n) is 4.14. The summed E-state index contributed by atoms with van der Waals surface area (Å²) in [6, 6.07) is 13.2. The summed E-state index contributed by atoms with van der Waals surface area (Å²) in [4.78, 5) is 26.2. The van der Waals surface area contributed by atoms with Crippen LogP contribution in [0.1, 0.15) is 29.0 Å². The Kier molecular flexibility index (Phi) is 5.35. The Hall–Kier alpha value is -2.08. The zero-order valence-electron chi connectivity index (χ0n) is 13.2. The molecule has 1 N–H and O–H groups in total. The number of nitrogens with one attached hydrogen (secondary N) is 1. The van der Waals surface area contributed by atoms with Crippen LogP contribution in [0.15, 0.2) is 51.6 Å². The Bertz CT molecular complexity index is 706. The number of hydrogen-bond acceptors (Lipinski definition) is 3. The summed E-state index contributed by atoms with van der Waals surface area (Å²) in [6.07, 6.45) is 1.91. The van der Waals surface area contributed by atoms with Gasteiger partial charge in [-0.1, -0.05) is 30.3 Å². The van der Waals surface area contributed by atoms with Crippen LogP contribution in [0.5, 0.6) is 0 Å². The average Bonchev–Trinajstić information content (AvgIpc) is 3.02. The Balaban J connectivity index is 1.46. The predicted octanol–water partition coefficient (Wildman–Crippen LogP) is 3.01. The first kappa shape index (κ1) is 16.8. The summed E-state index contributed by atoms with van der Waals surface area (Å²) in [6.45, 7) is 1.24. The highest BCUT2D eigenvalue weighted by molar-refractivity contribution is 9.10. The highest BCUT2D eigenvalue weighted by atomic mass is 79.9. The number of hydrogen-bond donors (Lipinski definition) is 1. The number of furan rings is 1. The van der Waals surface area contributed by atoms with Crippen molar-refractivity contribution in [1.29, 1.82) is 0 Å². The van der Waals surface area contributed by atoms with Crippen LogP contribution in [0.2, 0.25) is 0 Å². The van der Waals surface area contributed by atoms with Gasteiger partial charge in [-0.25, -0.2) is 0 Å². The SMILES string of the molecule is O=C(Cc1ccccc1)NC1CCN(C(=O)c2ccc(Br)o2)CC1. The zero-order chi connectivity index (χ0) is 16.9. The first-order valence-electron chi connectivity index (χ1n) is 8.00. The van der Waals surface area contributed by atoms with Crippen molar-refractivity contribution in [1.82, 2.24) is 10.2 Å². The van der Waals surface area contributed by atoms with Gasteiger partial charge in [-0.2, -0.15) is 0 Å². The van der Waals surface area contributed by atoms with Gasteiger partial charge in [0.25, 0.3) is 5.91 Å². The van der Waals surface area contributed by atoms with E-state index in [1.165, 1.54) is 0 Å². The van der Waals surface area contributed by atoms with Crippen molar-refractivity contribution >= 4 is 27.7 Å². The molecule has 0 atom stereocenters. The van der Waals surface area contributed by atoms with Gasteiger partial charge in [0, 0.05) is 19.1 Å². The van der Waals surface area contributed by atoms with Crippen molar-refractivity contribution in [3.8, 4) is 0 Å². The number of benzene rings is 1. The van der Waals surface area contributed by atoms with E-state index in [9.17, 15) is 9.59 Å². The number of carbonyl (C=O) groups excluding carboxylic acids is 2. The van der Waals surface area contributed by atoms with E-state index in [4.69, 9.17) is 4.42 Å². The molecule has 6 heteroatoms. The molecule has 1 aromatic carbocycles. The van der Waals surface area contributed by atoms with Crippen molar-refractivity contribution in [3.63, 3.8) is 0 Å². The lowest BCUT2D eigenvalue weighted by atomic mass is 10.0. The number of halogens is 1. The van der Waals surface area contributed by atoms with E-state index >= 15 is 0 Å². The zero-order valence-corrected chi connectivity index (χ0v) is 14.8. The summed E-state index contributed by atoms with van der Waals surface area (Å²) in [5.74, 6) is 0.268. The van der Waals surface area contributed by atoms with Crippen LogP contribution >= 0.6 is 15.9 Å². The molecule has 1 aromatic heterocycles. The fourth-order valence-corrected chi connectivity index (χ4v) is 3.18. The molecule has 1 aliphatic heterocycles. The predicted molar refractivity (Wildman–Crippen MR) is 93.6 cm³/mol. The van der Waals surface area contributed by atoms with Crippen LogP contribution < -0.4 is 5.32 Å². The molecule has 24 heavy (non-hydrogen) atoms. The molecular formula is C18H19BrN2O3. The molecule has 0 spiro atoms. The van der Waals surface area contributed by atoms with Crippen molar-refractivity contribution in [2.24, 2.45) is 0 Å². The van der Waals surface area contributed by atoms with Gasteiger partial charge in [0.1, 0.15) is 0 Å². The number of rotatable bonds is 4. The maximum Gasteiger partial charge on any atom is 0.289 e. The van der Waals surface area contributed by atoms with Crippen molar-refractivity contribution in [2.75, 3.05) is 13.1 Å². The third-order valence-corrected chi connectivity index (χ3v) is 4.56. The quantitative estimate of drug-likeness (QED) is 0.872. The molecule has 0 aliphatic carbocycles. The fourth-order valence-electron chi connectivity index (χ4n) is 2.87. The molecule has 126 valence electrons. The van der Waals surface area contributed by atoms with Gasteiger partial charge >= 0.3 is 0 Å². The summed E-state index contributed by atoms with van der Waals surface area (Å²) in [5.41, 5.74) is 1.01. The molecule has 0 unspecified atom stereocenters. The second-order valence-corrected chi connectivity index (χ2v) is 6.68. The lowest BCUT2D eigenvalue weighted by Gasteiger charge is -2.31. The standard InChI is InChI=1S/C18H19BrN2O3/c19-16-7-6-15(24-16)18(23)21-10-8-14(9-11-21)20-17(22)12-13-4-2-1-3-5-13/h1-7,14H,8-12H2,(H,20,22). The number of carbonyl (C=O) groups is 2. The Morgan fingerprint density at radius 2 is 1.83 bits per heavy atom. The average molecular weight is 391 g/mol. The Morgan fingerprint density at radius 3 is 2.46 bits per heavy atom. The number of amides is 2. The van der Waals surface area contributed by atoms with Crippen LogP contribution in [0.25, 0.3) is 0 Å². The van der Waals surface area contributed by atoms with Gasteiger partial charge in [0.15, 0.2) is 10.4 Å². The molecule has 1 aliphatic rings. The van der Waals surface area contributed by atoms with Gasteiger partial charge in [0.2, 0.25) is 5.91 Å². The largest absolute Gasteiger partial charge is 0.444 e. The smallest absolute Gasteiger partial charge is 0.289 e. The molecule has 2 heterocycles. The van der Waals surface area contributed by atoms with E-state index < -0.39 is 0 Å². The fraction of sp³-hybridized carbons (Fsp3) is 0.333. The molecule has 0 radical (unpaired) electrons. The Labute approximate surface area is 149 Å². The normalized spacial score (nSPS) is 15.3. The van der Waals surface area contributed by atoms with Gasteiger partial charge in [-0.15, -0.1) is 0 Å². The van der Waals surface area contributed by atoms with E-state index in [0.29, 0.717) is 29.9 Å². The molecule has 0 saturated carbocycles. The highest BCUT2D eigenvalue weighted by Gasteiger charge is 2.26. The highest BCUT2D eigenvalue weighted by Crippen LogP contribution is 2.18. The van der Waals surface area contributed by atoms with Crippen LogP contribution in [-0.2, 0) is 11.2 Å². The lowest BCUT2D eigenvalue weighted by molar-refractivity contribution is -0.121. The van der Waals surface area contributed by atoms with E-state index in [1.807, 2.05) is 30.3 Å². The molecule has 0 bridgehead atoms. The van der Waals surface area contributed by atoms with E-state index in [2.05, 4.69) is 21.2 Å². The second-order valence-electron chi connectivity index (χ2n) is 5.90. The molecule has 2 aromatic rings. The second kappa shape index (κ2) is 7.66. The summed E-state index contributed by atoms with van der Waals surface area (Å²) < 4.78 is 5.86. The summed E-state index contributed by atoms with van der Waals surface area (Å²) >= 11 is 3.20. The topological polar surface area (TPSA) is 62.6 Å². The first-order chi connectivity index (χ1) is 11.6. The molecule has 3 rings (SSSR count). The first-order valence-corrected chi connectivity index (χ1v) is 8.79. The summed E-state index contributed by atoms with van der Waals surface area (Å²) in [7, 11) is 0. The van der Waals surface area contributed by atoms with Crippen molar-refractivity contribution in [3.05, 3.63) is 58.5 Å². The summed E-state index contributed by atoms with van der Waals surface area (Å²) in [5, 5.41) is 3.06. The van der Waals surface area contributed by atoms with Gasteiger partial charge < -0.3 is 14.6 Å². The number of likely N-dealkylation sites (tertiary alicyclic amines) is 1. The van der Waals surface area contributed by atoms with E-state index in [1.54, 1.807) is 17.0 Å². The van der Waals surface area contributed by atoms with Crippen molar-refractivity contribution in [2.45, 2.75) is 25.3 Å². The minimum atomic E-state index is -0.102. The number of nitrogens with zero attached hydrogens (tertiary/aromatic N) is 1.